The zero-order chi connectivity index (χ0) is 11.2. The van der Waals surface area contributed by atoms with E-state index in [0.29, 0.717) is 22.5 Å². The molecule has 4 aliphatic rings. The maximum absolute atomic E-state index is 6.49. The zero-order valence-electron chi connectivity index (χ0n) is 10.9. The van der Waals surface area contributed by atoms with E-state index in [9.17, 15) is 0 Å². The van der Waals surface area contributed by atoms with Gasteiger partial charge in [-0.15, -0.1) is 0 Å². The normalized spacial score (nSPS) is 61.3. The van der Waals surface area contributed by atoms with Crippen LogP contribution in [0.3, 0.4) is 0 Å². The van der Waals surface area contributed by atoms with E-state index < -0.39 is 0 Å². The topological polar surface area (TPSA) is 9.23 Å². The molecule has 0 N–H and O–H groups in total. The van der Waals surface area contributed by atoms with E-state index in [2.05, 4.69) is 20.8 Å². The number of ether oxygens (including phenoxy) is 1. The zero-order valence-corrected chi connectivity index (χ0v) is 10.9. The Kier molecular flexibility index (Phi) is 1.57. The second-order valence-electron chi connectivity index (χ2n) is 7.99. The number of rotatable bonds is 0. The Morgan fingerprint density at radius 2 is 1.81 bits per heavy atom. The van der Waals surface area contributed by atoms with Gasteiger partial charge in [0.05, 0.1) is 11.7 Å². The minimum Gasteiger partial charge on any atom is -0.371 e. The second-order valence-corrected chi connectivity index (χ2v) is 7.99. The monoisotopic (exact) mass is 220 g/mol. The van der Waals surface area contributed by atoms with E-state index in [-0.39, 0.29) is 0 Å². The van der Waals surface area contributed by atoms with Crippen LogP contribution in [0.2, 0.25) is 0 Å². The summed E-state index contributed by atoms with van der Waals surface area (Å²) in [7, 11) is 0. The van der Waals surface area contributed by atoms with Gasteiger partial charge >= 0.3 is 0 Å². The van der Waals surface area contributed by atoms with E-state index in [1.807, 2.05) is 0 Å². The lowest BCUT2D eigenvalue weighted by molar-refractivity contribution is -0.151. The molecular weight excluding hydrogens is 196 g/mol. The lowest BCUT2D eigenvalue weighted by Crippen LogP contribution is -2.54. The minimum atomic E-state index is 0.329. The van der Waals surface area contributed by atoms with E-state index >= 15 is 0 Å². The third-order valence-electron chi connectivity index (χ3n) is 6.62. The van der Waals surface area contributed by atoms with Crippen LogP contribution in [-0.4, -0.2) is 11.7 Å². The van der Waals surface area contributed by atoms with Gasteiger partial charge in [0.25, 0.3) is 0 Å². The van der Waals surface area contributed by atoms with Crippen molar-refractivity contribution in [3.8, 4) is 0 Å². The van der Waals surface area contributed by atoms with Crippen LogP contribution in [-0.2, 0) is 4.74 Å². The molecule has 5 unspecified atom stereocenters. The molecule has 90 valence electrons. The fourth-order valence-corrected chi connectivity index (χ4v) is 5.72. The molecule has 2 aliphatic heterocycles. The first kappa shape index (κ1) is 9.94. The first-order valence-corrected chi connectivity index (χ1v) is 7.13. The fraction of sp³-hybridized carbons (Fsp3) is 1.00. The summed E-state index contributed by atoms with van der Waals surface area (Å²) >= 11 is 0. The summed E-state index contributed by atoms with van der Waals surface area (Å²) in [6.45, 7) is 7.44. The van der Waals surface area contributed by atoms with Gasteiger partial charge in [0.15, 0.2) is 0 Å². The summed E-state index contributed by atoms with van der Waals surface area (Å²) in [5.74, 6) is 1.85. The first-order chi connectivity index (χ1) is 7.45. The second kappa shape index (κ2) is 2.53. The minimum absolute atomic E-state index is 0.329. The van der Waals surface area contributed by atoms with Crippen LogP contribution in [0.1, 0.15) is 59.3 Å². The van der Waals surface area contributed by atoms with Crippen molar-refractivity contribution < 1.29 is 4.74 Å². The molecule has 0 radical (unpaired) electrons. The standard InChI is InChI=1S/C15H24O/c1-13(2)8-11-10(13)4-6-14(3)9-15(11)7-5-12(14)16-15/h10-12H,4-9H2,1-3H3. The van der Waals surface area contributed by atoms with E-state index in [1.165, 1.54) is 38.5 Å². The van der Waals surface area contributed by atoms with E-state index in [1.54, 1.807) is 0 Å². The highest BCUT2D eigenvalue weighted by molar-refractivity contribution is 5.17. The molecule has 2 saturated heterocycles. The Labute approximate surface area is 98.9 Å². The molecule has 2 aliphatic carbocycles. The van der Waals surface area contributed by atoms with Crippen molar-refractivity contribution in [3.63, 3.8) is 0 Å². The van der Waals surface area contributed by atoms with Gasteiger partial charge in [-0.25, -0.2) is 0 Å². The quantitative estimate of drug-likeness (QED) is 0.604. The predicted octanol–water partition coefficient (Wildman–Crippen LogP) is 3.77. The van der Waals surface area contributed by atoms with Crippen LogP contribution in [0.5, 0.6) is 0 Å². The largest absolute Gasteiger partial charge is 0.371 e. The molecule has 16 heavy (non-hydrogen) atoms. The van der Waals surface area contributed by atoms with Crippen LogP contribution in [0.25, 0.3) is 0 Å². The van der Waals surface area contributed by atoms with Crippen LogP contribution in [0, 0.1) is 22.7 Å². The highest BCUT2D eigenvalue weighted by Crippen LogP contribution is 2.70. The van der Waals surface area contributed by atoms with Gasteiger partial charge in [-0.05, 0) is 61.2 Å². The van der Waals surface area contributed by atoms with Crippen molar-refractivity contribution in [1.29, 1.82) is 0 Å². The van der Waals surface area contributed by atoms with Crippen molar-refractivity contribution in [1.82, 2.24) is 0 Å². The molecule has 1 spiro atoms. The predicted molar refractivity (Wildman–Crippen MR) is 64.2 cm³/mol. The molecular formula is C15H24O. The van der Waals surface area contributed by atoms with Gasteiger partial charge in [-0.2, -0.15) is 0 Å². The molecule has 5 atom stereocenters. The molecule has 0 aromatic heterocycles. The molecule has 4 fully saturated rings. The van der Waals surface area contributed by atoms with Crippen LogP contribution >= 0.6 is 0 Å². The van der Waals surface area contributed by atoms with Crippen molar-refractivity contribution in [2.75, 3.05) is 0 Å². The lowest BCUT2D eigenvalue weighted by Gasteiger charge is -2.57. The third kappa shape index (κ3) is 0.939. The molecule has 4 rings (SSSR count). The average Bonchev–Trinajstić information content (AvgIpc) is 2.68. The van der Waals surface area contributed by atoms with E-state index in [4.69, 9.17) is 4.74 Å². The van der Waals surface area contributed by atoms with Crippen molar-refractivity contribution in [3.05, 3.63) is 0 Å². The molecule has 2 heterocycles. The summed E-state index contributed by atoms with van der Waals surface area (Å²) in [5.41, 5.74) is 1.46. The SMILES string of the molecule is CC1(C)CC2C1CCC1(C)CC23CCC1O3. The van der Waals surface area contributed by atoms with Crippen molar-refractivity contribution >= 4 is 0 Å². The van der Waals surface area contributed by atoms with Crippen molar-refractivity contribution in [2.45, 2.75) is 71.0 Å². The molecule has 0 amide bonds. The summed E-state index contributed by atoms with van der Waals surface area (Å²) in [5, 5.41) is 0. The summed E-state index contributed by atoms with van der Waals surface area (Å²) in [6.07, 6.45) is 9.00. The molecule has 1 heteroatoms. The Bertz CT molecular complexity index is 347. The summed E-state index contributed by atoms with van der Waals surface area (Å²) in [6, 6.07) is 0. The van der Waals surface area contributed by atoms with E-state index in [0.717, 1.165) is 11.8 Å². The lowest BCUT2D eigenvalue weighted by atomic mass is 9.50. The van der Waals surface area contributed by atoms with Gasteiger partial charge in [0.1, 0.15) is 0 Å². The van der Waals surface area contributed by atoms with Crippen molar-refractivity contribution in [2.24, 2.45) is 22.7 Å². The molecule has 0 aromatic rings. The van der Waals surface area contributed by atoms with Gasteiger partial charge in [-0.1, -0.05) is 20.8 Å². The molecule has 3 bridgehead atoms. The Morgan fingerprint density at radius 3 is 2.56 bits per heavy atom. The average molecular weight is 220 g/mol. The van der Waals surface area contributed by atoms with Crippen LogP contribution in [0.4, 0.5) is 0 Å². The fourth-order valence-electron chi connectivity index (χ4n) is 5.72. The highest BCUT2D eigenvalue weighted by atomic mass is 16.5. The highest BCUT2D eigenvalue weighted by Gasteiger charge is 2.68. The third-order valence-corrected chi connectivity index (χ3v) is 6.62. The van der Waals surface area contributed by atoms with Crippen LogP contribution < -0.4 is 0 Å². The Hall–Kier alpha value is -0.0400. The van der Waals surface area contributed by atoms with Gasteiger partial charge in [-0.3, -0.25) is 0 Å². The molecule has 0 aromatic carbocycles. The van der Waals surface area contributed by atoms with Gasteiger partial charge in [0, 0.05) is 0 Å². The van der Waals surface area contributed by atoms with Crippen LogP contribution in [0.15, 0.2) is 0 Å². The first-order valence-electron chi connectivity index (χ1n) is 7.13. The number of hydrogen-bond donors (Lipinski definition) is 0. The van der Waals surface area contributed by atoms with Gasteiger partial charge in [0.2, 0.25) is 0 Å². The Morgan fingerprint density at radius 1 is 1.00 bits per heavy atom. The molecule has 2 saturated carbocycles. The maximum atomic E-state index is 6.49. The maximum Gasteiger partial charge on any atom is 0.0724 e. The summed E-state index contributed by atoms with van der Waals surface area (Å²) < 4.78 is 6.49. The summed E-state index contributed by atoms with van der Waals surface area (Å²) in [4.78, 5) is 0. The molecule has 1 nitrogen and oxygen atoms in total. The number of fused-ring (bicyclic) bond motifs is 4. The van der Waals surface area contributed by atoms with Gasteiger partial charge < -0.3 is 4.74 Å². The Balaban J connectivity index is 1.75. The smallest absolute Gasteiger partial charge is 0.0724 e. The number of hydrogen-bond acceptors (Lipinski definition) is 1.